The van der Waals surface area contributed by atoms with Crippen molar-refractivity contribution in [2.45, 2.75) is 19.9 Å². The number of aromatic nitrogens is 5. The number of hydrogen-bond acceptors (Lipinski definition) is 6. The van der Waals surface area contributed by atoms with E-state index in [0.717, 1.165) is 62.1 Å². The van der Waals surface area contributed by atoms with E-state index in [1.165, 1.54) is 0 Å². The molecule has 3 aromatic heterocycles. The summed E-state index contributed by atoms with van der Waals surface area (Å²) in [6.07, 6.45) is 6.40. The van der Waals surface area contributed by atoms with Crippen LogP contribution in [0.5, 0.6) is 0 Å². The van der Waals surface area contributed by atoms with Gasteiger partial charge in [-0.05, 0) is 18.2 Å². The Hall–Kier alpha value is -2.54. The summed E-state index contributed by atoms with van der Waals surface area (Å²) in [5, 5.41) is 4.63. The molecule has 0 bridgehead atoms. The number of nitrogens with zero attached hydrogens (tertiary/aromatic N) is 7. The lowest BCUT2D eigenvalue weighted by molar-refractivity contribution is 0.246. The minimum atomic E-state index is 0.879. The standard InChI is InChI=1S/C17H21N7/c1-2-15-18-6-5-14(20-15)13-22-9-11-23(12-10-22)17-4-3-16-19-7-8-24(16)21-17/h3-8H,2,9-13H2,1H3. The molecule has 0 N–H and O–H groups in total. The fraction of sp³-hybridized carbons (Fsp3) is 0.412. The first-order chi connectivity index (χ1) is 11.8. The molecule has 1 fully saturated rings. The Morgan fingerprint density at radius 2 is 1.88 bits per heavy atom. The van der Waals surface area contributed by atoms with Crippen molar-refractivity contribution in [2.24, 2.45) is 0 Å². The molecule has 0 aliphatic carbocycles. The molecule has 4 heterocycles. The van der Waals surface area contributed by atoms with Gasteiger partial charge in [-0.3, -0.25) is 4.90 Å². The fourth-order valence-electron chi connectivity index (χ4n) is 3.04. The van der Waals surface area contributed by atoms with Gasteiger partial charge in [-0.15, -0.1) is 5.10 Å². The van der Waals surface area contributed by atoms with Crippen LogP contribution in [0.4, 0.5) is 5.82 Å². The maximum absolute atomic E-state index is 4.63. The molecule has 4 rings (SSSR count). The van der Waals surface area contributed by atoms with Crippen LogP contribution in [0.2, 0.25) is 0 Å². The maximum Gasteiger partial charge on any atom is 0.153 e. The van der Waals surface area contributed by atoms with Crippen molar-refractivity contribution in [1.82, 2.24) is 29.5 Å². The molecule has 0 atom stereocenters. The van der Waals surface area contributed by atoms with Gasteiger partial charge in [0.2, 0.25) is 0 Å². The van der Waals surface area contributed by atoms with Crippen LogP contribution in [0.15, 0.2) is 36.8 Å². The van der Waals surface area contributed by atoms with E-state index in [-0.39, 0.29) is 0 Å². The molecule has 0 spiro atoms. The van der Waals surface area contributed by atoms with Crippen molar-refractivity contribution >= 4 is 11.5 Å². The highest BCUT2D eigenvalue weighted by Crippen LogP contribution is 2.15. The average Bonchev–Trinajstić information content (AvgIpc) is 3.10. The smallest absolute Gasteiger partial charge is 0.153 e. The van der Waals surface area contributed by atoms with Crippen LogP contribution in [-0.4, -0.2) is 55.6 Å². The number of fused-ring (bicyclic) bond motifs is 1. The highest BCUT2D eigenvalue weighted by atomic mass is 15.3. The van der Waals surface area contributed by atoms with Crippen LogP contribution in [0.3, 0.4) is 0 Å². The van der Waals surface area contributed by atoms with E-state index in [1.54, 1.807) is 6.20 Å². The Balaban J connectivity index is 1.39. The summed E-state index contributed by atoms with van der Waals surface area (Å²) in [7, 11) is 0. The number of rotatable bonds is 4. The topological polar surface area (TPSA) is 62.5 Å². The number of hydrogen-bond donors (Lipinski definition) is 0. The molecular formula is C17H21N7. The third-order valence-corrected chi connectivity index (χ3v) is 4.40. The van der Waals surface area contributed by atoms with Gasteiger partial charge in [0, 0.05) is 57.7 Å². The van der Waals surface area contributed by atoms with Gasteiger partial charge in [0.1, 0.15) is 11.6 Å². The molecule has 0 amide bonds. The number of imidazole rings is 1. The fourth-order valence-corrected chi connectivity index (χ4v) is 3.04. The second-order valence-corrected chi connectivity index (χ2v) is 6.00. The third kappa shape index (κ3) is 3.07. The van der Waals surface area contributed by atoms with Crippen molar-refractivity contribution in [3.63, 3.8) is 0 Å². The normalized spacial score (nSPS) is 16.0. The van der Waals surface area contributed by atoms with E-state index in [1.807, 2.05) is 29.0 Å². The zero-order chi connectivity index (χ0) is 16.4. The van der Waals surface area contributed by atoms with Crippen molar-refractivity contribution in [2.75, 3.05) is 31.1 Å². The summed E-state index contributed by atoms with van der Waals surface area (Å²) in [5.41, 5.74) is 1.99. The maximum atomic E-state index is 4.63. The molecule has 0 unspecified atom stereocenters. The summed E-state index contributed by atoms with van der Waals surface area (Å²) < 4.78 is 1.83. The van der Waals surface area contributed by atoms with E-state index in [4.69, 9.17) is 0 Å². The number of anilines is 1. The molecule has 3 aromatic rings. The SMILES string of the molecule is CCc1nccc(CN2CCN(c3ccc4nccn4n3)CC2)n1. The van der Waals surface area contributed by atoms with Gasteiger partial charge >= 0.3 is 0 Å². The molecule has 1 saturated heterocycles. The van der Waals surface area contributed by atoms with Gasteiger partial charge in [0.15, 0.2) is 5.65 Å². The summed E-state index contributed by atoms with van der Waals surface area (Å²) in [5.74, 6) is 1.93. The predicted octanol–water partition coefficient (Wildman–Crippen LogP) is 1.40. The highest BCUT2D eigenvalue weighted by Gasteiger charge is 2.19. The Labute approximate surface area is 141 Å². The summed E-state index contributed by atoms with van der Waals surface area (Å²) >= 11 is 0. The predicted molar refractivity (Wildman–Crippen MR) is 91.9 cm³/mol. The van der Waals surface area contributed by atoms with Crippen molar-refractivity contribution in [1.29, 1.82) is 0 Å². The van der Waals surface area contributed by atoms with Crippen molar-refractivity contribution in [3.05, 3.63) is 48.3 Å². The molecule has 7 nitrogen and oxygen atoms in total. The molecule has 0 radical (unpaired) electrons. The molecule has 0 aromatic carbocycles. The minimum Gasteiger partial charge on any atom is -0.353 e. The van der Waals surface area contributed by atoms with Crippen LogP contribution in [0.1, 0.15) is 18.4 Å². The number of aryl methyl sites for hydroxylation is 1. The monoisotopic (exact) mass is 323 g/mol. The van der Waals surface area contributed by atoms with Gasteiger partial charge in [-0.25, -0.2) is 19.5 Å². The lowest BCUT2D eigenvalue weighted by Gasteiger charge is -2.35. The van der Waals surface area contributed by atoms with Crippen molar-refractivity contribution < 1.29 is 0 Å². The van der Waals surface area contributed by atoms with Gasteiger partial charge in [-0.1, -0.05) is 6.92 Å². The van der Waals surface area contributed by atoms with E-state index in [2.05, 4.69) is 42.8 Å². The van der Waals surface area contributed by atoms with E-state index < -0.39 is 0 Å². The molecule has 1 aliphatic heterocycles. The molecule has 0 saturated carbocycles. The Bertz CT molecular complexity index is 820. The van der Waals surface area contributed by atoms with Crippen LogP contribution in [0.25, 0.3) is 5.65 Å². The van der Waals surface area contributed by atoms with Gasteiger partial charge in [0.25, 0.3) is 0 Å². The second kappa shape index (κ2) is 6.52. The molecular weight excluding hydrogens is 302 g/mol. The molecule has 124 valence electrons. The third-order valence-electron chi connectivity index (χ3n) is 4.40. The van der Waals surface area contributed by atoms with E-state index >= 15 is 0 Å². The summed E-state index contributed by atoms with van der Waals surface area (Å²) in [6.45, 7) is 6.93. The van der Waals surface area contributed by atoms with Crippen LogP contribution >= 0.6 is 0 Å². The Morgan fingerprint density at radius 1 is 1.00 bits per heavy atom. The summed E-state index contributed by atoms with van der Waals surface area (Å²) in [6, 6.07) is 6.08. The first-order valence-electron chi connectivity index (χ1n) is 8.40. The van der Waals surface area contributed by atoms with Gasteiger partial charge in [0.05, 0.1) is 5.69 Å². The molecule has 1 aliphatic rings. The lowest BCUT2D eigenvalue weighted by atomic mass is 10.2. The van der Waals surface area contributed by atoms with Crippen molar-refractivity contribution in [3.8, 4) is 0 Å². The Morgan fingerprint density at radius 3 is 2.71 bits per heavy atom. The van der Waals surface area contributed by atoms with Crippen LogP contribution < -0.4 is 4.90 Å². The summed E-state index contributed by atoms with van der Waals surface area (Å²) in [4.78, 5) is 17.9. The largest absolute Gasteiger partial charge is 0.353 e. The minimum absolute atomic E-state index is 0.879. The van der Waals surface area contributed by atoms with Crippen LogP contribution in [-0.2, 0) is 13.0 Å². The quantitative estimate of drug-likeness (QED) is 0.723. The molecule has 24 heavy (non-hydrogen) atoms. The van der Waals surface area contributed by atoms with E-state index in [9.17, 15) is 0 Å². The van der Waals surface area contributed by atoms with Gasteiger partial charge in [-0.2, -0.15) is 0 Å². The lowest BCUT2D eigenvalue weighted by Crippen LogP contribution is -2.46. The zero-order valence-corrected chi connectivity index (χ0v) is 13.8. The van der Waals surface area contributed by atoms with E-state index in [0.29, 0.717) is 0 Å². The van der Waals surface area contributed by atoms with Gasteiger partial charge < -0.3 is 4.90 Å². The van der Waals surface area contributed by atoms with Crippen LogP contribution in [0, 0.1) is 0 Å². The second-order valence-electron chi connectivity index (χ2n) is 6.00. The average molecular weight is 323 g/mol. The number of piperazine rings is 1. The highest BCUT2D eigenvalue weighted by molar-refractivity contribution is 5.46. The Kier molecular flexibility index (Phi) is 4.08. The first-order valence-corrected chi connectivity index (χ1v) is 8.40. The molecule has 7 heteroatoms. The zero-order valence-electron chi connectivity index (χ0n) is 13.8. The first kappa shape index (κ1) is 15.0.